The van der Waals surface area contributed by atoms with E-state index in [-0.39, 0.29) is 29.5 Å². The number of aromatic hydroxyl groups is 2. The number of benzene rings is 1. The zero-order valence-electron chi connectivity index (χ0n) is 17.9. The third-order valence-electron chi connectivity index (χ3n) is 4.73. The molecule has 1 aliphatic rings. The fourth-order valence-electron chi connectivity index (χ4n) is 3.20. The van der Waals surface area contributed by atoms with Gasteiger partial charge in [0.1, 0.15) is 23.7 Å². The van der Waals surface area contributed by atoms with Crippen molar-refractivity contribution in [2.75, 3.05) is 0 Å². The molecule has 0 amide bonds. The highest BCUT2D eigenvalue weighted by Crippen LogP contribution is 2.36. The molecule has 0 bridgehead atoms. The third-order valence-corrected chi connectivity index (χ3v) is 4.73. The number of ether oxygens (including phenoxy) is 2. The average Bonchev–Trinajstić information content (AvgIpc) is 2.68. The molecule has 0 aromatic heterocycles. The summed E-state index contributed by atoms with van der Waals surface area (Å²) in [7, 11) is 0. The van der Waals surface area contributed by atoms with Crippen molar-refractivity contribution in [1.29, 1.82) is 0 Å². The van der Waals surface area contributed by atoms with Crippen molar-refractivity contribution in [3.63, 3.8) is 0 Å². The molecule has 0 saturated carbocycles. The smallest absolute Gasteiger partial charge is 0.310 e. The van der Waals surface area contributed by atoms with Crippen LogP contribution in [0.1, 0.15) is 67.7 Å². The van der Waals surface area contributed by atoms with Gasteiger partial charge in [0, 0.05) is 18.9 Å². The van der Waals surface area contributed by atoms with Gasteiger partial charge in [-0.25, -0.2) is 0 Å². The number of allylic oxidation sites excluding steroid dienone is 2. The van der Waals surface area contributed by atoms with Crippen molar-refractivity contribution in [2.45, 2.75) is 59.2 Å². The lowest BCUT2D eigenvalue weighted by molar-refractivity contribution is -0.155. The monoisotopic (exact) mass is 430 g/mol. The molecule has 0 saturated heterocycles. The first-order valence-corrected chi connectivity index (χ1v) is 9.90. The zero-order valence-corrected chi connectivity index (χ0v) is 17.9. The Hall–Kier alpha value is -3.42. The molecule has 31 heavy (non-hydrogen) atoms. The van der Waals surface area contributed by atoms with E-state index >= 15 is 0 Å². The van der Waals surface area contributed by atoms with Crippen LogP contribution in [0.5, 0.6) is 11.5 Å². The van der Waals surface area contributed by atoms with Crippen LogP contribution in [0, 0.1) is 0 Å². The number of ketones is 2. The molecule has 1 aromatic rings. The second-order valence-corrected chi connectivity index (χ2v) is 7.49. The summed E-state index contributed by atoms with van der Waals surface area (Å²) in [6.45, 7) is 6.64. The van der Waals surface area contributed by atoms with Gasteiger partial charge in [-0.2, -0.15) is 0 Å². The van der Waals surface area contributed by atoms with Gasteiger partial charge in [-0.05, 0) is 38.5 Å². The minimum absolute atomic E-state index is 0.107. The van der Waals surface area contributed by atoms with Crippen molar-refractivity contribution in [3.05, 3.63) is 46.6 Å². The minimum atomic E-state index is -1.09. The summed E-state index contributed by atoms with van der Waals surface area (Å²) >= 11 is 0. The van der Waals surface area contributed by atoms with Crippen molar-refractivity contribution in [2.24, 2.45) is 0 Å². The summed E-state index contributed by atoms with van der Waals surface area (Å²) in [5, 5.41) is 20.1. The van der Waals surface area contributed by atoms with Crippen LogP contribution >= 0.6 is 0 Å². The Morgan fingerprint density at radius 3 is 2.19 bits per heavy atom. The third kappa shape index (κ3) is 5.81. The van der Waals surface area contributed by atoms with Gasteiger partial charge < -0.3 is 19.7 Å². The van der Waals surface area contributed by atoms with E-state index < -0.39 is 47.2 Å². The van der Waals surface area contributed by atoms with Crippen LogP contribution in [0.15, 0.2) is 35.4 Å². The van der Waals surface area contributed by atoms with Crippen molar-refractivity contribution >= 4 is 23.5 Å². The normalized spacial score (nSPS) is 14.8. The number of hydrogen-bond donors (Lipinski definition) is 2. The fraction of sp³-hybridized carbons (Fsp3) is 0.391. The topological polar surface area (TPSA) is 127 Å². The first-order valence-electron chi connectivity index (χ1n) is 9.90. The number of phenols is 2. The summed E-state index contributed by atoms with van der Waals surface area (Å²) in [5.41, 5.74) is 0.183. The molecule has 0 radical (unpaired) electrons. The molecular formula is C23H26O8. The zero-order chi connectivity index (χ0) is 23.3. The first kappa shape index (κ1) is 23.9. The first-order chi connectivity index (χ1) is 14.5. The lowest BCUT2D eigenvalue weighted by Crippen LogP contribution is -2.30. The maximum Gasteiger partial charge on any atom is 0.310 e. The van der Waals surface area contributed by atoms with Crippen molar-refractivity contribution < 1.29 is 38.9 Å². The summed E-state index contributed by atoms with van der Waals surface area (Å²) in [6, 6.07) is 2.24. The molecule has 8 heteroatoms. The van der Waals surface area contributed by atoms with E-state index in [4.69, 9.17) is 9.47 Å². The summed E-state index contributed by atoms with van der Waals surface area (Å²) in [6.07, 6.45) is 1.31. The van der Waals surface area contributed by atoms with E-state index in [9.17, 15) is 29.4 Å². The lowest BCUT2D eigenvalue weighted by atomic mass is 9.85. The van der Waals surface area contributed by atoms with E-state index in [0.29, 0.717) is 6.42 Å². The van der Waals surface area contributed by atoms with E-state index in [0.717, 1.165) is 23.8 Å². The number of phenolic OH excluding ortho intramolecular Hbond substituents is 2. The summed E-state index contributed by atoms with van der Waals surface area (Å²) < 4.78 is 10.6. The molecule has 2 N–H and O–H groups in total. The van der Waals surface area contributed by atoms with Gasteiger partial charge in [0.25, 0.3) is 0 Å². The number of rotatable bonds is 8. The van der Waals surface area contributed by atoms with Crippen molar-refractivity contribution in [1.82, 2.24) is 0 Å². The van der Waals surface area contributed by atoms with E-state index in [2.05, 4.69) is 0 Å². The minimum Gasteiger partial charge on any atom is -0.507 e. The van der Waals surface area contributed by atoms with Gasteiger partial charge in [-0.1, -0.05) is 18.6 Å². The highest BCUT2D eigenvalue weighted by Gasteiger charge is 2.36. The van der Waals surface area contributed by atoms with Gasteiger partial charge in [-0.15, -0.1) is 0 Å². The van der Waals surface area contributed by atoms with Crippen LogP contribution in [0.4, 0.5) is 0 Å². The number of carbonyl (C=O) groups excluding carboxylic acids is 4. The predicted molar refractivity (Wildman–Crippen MR) is 111 cm³/mol. The number of Topliss-reactive ketones (excluding diaryl/α,β-unsaturated/α-hetero) is 1. The molecule has 1 unspecified atom stereocenters. The standard InChI is InChI=1S/C23H26O8/c1-5-14(30-13(4)24)10-20(28)31-19(9-6-12(2)3)15-11-18(27)21-16(25)7-8-17(26)22(21)23(15)29/h6-8,11,14,19,25-26H,5,9-10H2,1-4H3/t14?,19-/m1/s1. The van der Waals surface area contributed by atoms with Gasteiger partial charge in [0.15, 0.2) is 11.6 Å². The molecule has 166 valence electrons. The second kappa shape index (κ2) is 10.1. The molecule has 0 aliphatic heterocycles. The van der Waals surface area contributed by atoms with E-state index in [1.807, 2.05) is 13.8 Å². The summed E-state index contributed by atoms with van der Waals surface area (Å²) in [5.74, 6) is -3.50. The molecular weight excluding hydrogens is 404 g/mol. The molecule has 0 fully saturated rings. The number of fused-ring (bicyclic) bond motifs is 1. The number of hydrogen-bond acceptors (Lipinski definition) is 8. The Kier molecular flexibility index (Phi) is 7.74. The second-order valence-electron chi connectivity index (χ2n) is 7.49. The quantitative estimate of drug-likeness (QED) is 0.365. The lowest BCUT2D eigenvalue weighted by Gasteiger charge is -2.24. The number of esters is 2. The molecule has 1 aliphatic carbocycles. The molecule has 8 nitrogen and oxygen atoms in total. The van der Waals surface area contributed by atoms with Crippen LogP contribution < -0.4 is 0 Å². The Labute approximate surface area is 180 Å². The predicted octanol–water partition coefficient (Wildman–Crippen LogP) is 3.40. The van der Waals surface area contributed by atoms with Gasteiger partial charge in [0.05, 0.1) is 17.5 Å². The molecule has 0 heterocycles. The van der Waals surface area contributed by atoms with Crippen LogP contribution in [-0.4, -0.2) is 45.9 Å². The largest absolute Gasteiger partial charge is 0.507 e. The highest BCUT2D eigenvalue weighted by molar-refractivity contribution is 6.27. The maximum atomic E-state index is 13.1. The molecule has 0 spiro atoms. The molecule has 1 aromatic carbocycles. The van der Waals surface area contributed by atoms with Gasteiger partial charge in [-0.3, -0.25) is 19.2 Å². The fourth-order valence-corrected chi connectivity index (χ4v) is 3.20. The maximum absolute atomic E-state index is 13.1. The Balaban J connectivity index is 2.36. The van der Waals surface area contributed by atoms with Crippen LogP contribution in [0.2, 0.25) is 0 Å². The highest BCUT2D eigenvalue weighted by atomic mass is 16.6. The Morgan fingerprint density at radius 2 is 1.65 bits per heavy atom. The van der Waals surface area contributed by atoms with Gasteiger partial charge >= 0.3 is 11.9 Å². The Bertz CT molecular complexity index is 966. The average molecular weight is 430 g/mol. The number of carbonyl (C=O) groups is 4. The van der Waals surface area contributed by atoms with E-state index in [1.54, 1.807) is 13.0 Å². The van der Waals surface area contributed by atoms with Gasteiger partial charge in [0.2, 0.25) is 0 Å². The Morgan fingerprint density at radius 1 is 1.03 bits per heavy atom. The van der Waals surface area contributed by atoms with E-state index in [1.165, 1.54) is 6.92 Å². The molecule has 2 rings (SSSR count). The summed E-state index contributed by atoms with van der Waals surface area (Å²) in [4.78, 5) is 49.3. The van der Waals surface area contributed by atoms with Crippen LogP contribution in [0.25, 0.3) is 0 Å². The van der Waals surface area contributed by atoms with Crippen LogP contribution in [-0.2, 0) is 19.1 Å². The van der Waals surface area contributed by atoms with Crippen LogP contribution in [0.3, 0.4) is 0 Å². The molecule has 2 atom stereocenters. The SMILES string of the molecule is CCC(CC(=O)O[C@H](CC=C(C)C)C1=CC(=O)c2c(O)ccc(O)c2C1=O)OC(C)=O. The van der Waals surface area contributed by atoms with Crippen molar-refractivity contribution in [3.8, 4) is 11.5 Å².